The predicted molar refractivity (Wildman–Crippen MR) is 89.5 cm³/mol. The highest BCUT2D eigenvalue weighted by Gasteiger charge is 2.52. The van der Waals surface area contributed by atoms with Crippen LogP contribution in [-0.2, 0) is 10.3 Å². The van der Waals surface area contributed by atoms with Crippen LogP contribution in [0, 0.1) is 0 Å². The van der Waals surface area contributed by atoms with Gasteiger partial charge in [-0.15, -0.1) is 0 Å². The van der Waals surface area contributed by atoms with Crippen LogP contribution in [-0.4, -0.2) is 53.3 Å². The maximum absolute atomic E-state index is 12.0. The van der Waals surface area contributed by atoms with Gasteiger partial charge >= 0.3 is 0 Å². The Hall–Kier alpha value is -1.43. The zero-order chi connectivity index (χ0) is 16.7. The molecular formula is C18H27N3O2. The maximum Gasteiger partial charge on any atom is 0.223 e. The van der Waals surface area contributed by atoms with E-state index in [0.717, 1.165) is 25.7 Å². The molecule has 126 valence electrons. The van der Waals surface area contributed by atoms with E-state index in [1.165, 1.54) is 5.56 Å². The average Bonchev–Trinajstić information content (AvgIpc) is 2.85. The molecule has 1 atom stereocenters. The minimum Gasteiger partial charge on any atom is -0.361 e. The molecule has 1 aromatic carbocycles. The zero-order valence-electron chi connectivity index (χ0n) is 14.2. The van der Waals surface area contributed by atoms with E-state index in [9.17, 15) is 9.90 Å². The molecule has 0 radical (unpaired) electrons. The molecule has 2 N–H and O–H groups in total. The highest BCUT2D eigenvalue weighted by molar-refractivity contribution is 5.75. The van der Waals surface area contributed by atoms with Crippen LogP contribution < -0.4 is 5.32 Å². The molecule has 1 unspecified atom stereocenters. The molecule has 3 rings (SSSR count). The Labute approximate surface area is 138 Å². The van der Waals surface area contributed by atoms with Crippen LogP contribution in [0.2, 0.25) is 0 Å². The quantitative estimate of drug-likeness (QED) is 0.868. The van der Waals surface area contributed by atoms with Gasteiger partial charge in [-0.2, -0.15) is 0 Å². The number of aliphatic hydroxyl groups excluding tert-OH is 1. The molecule has 1 amide bonds. The van der Waals surface area contributed by atoms with Gasteiger partial charge in [-0.3, -0.25) is 19.9 Å². The molecule has 1 saturated heterocycles. The van der Waals surface area contributed by atoms with Crippen molar-refractivity contribution in [1.29, 1.82) is 0 Å². The minimum atomic E-state index is -0.851. The molecule has 0 aromatic heterocycles. The fourth-order valence-electron chi connectivity index (χ4n) is 4.51. The summed E-state index contributed by atoms with van der Waals surface area (Å²) in [5.41, 5.74) is 1.09. The summed E-state index contributed by atoms with van der Waals surface area (Å²) in [6, 6.07) is 10.6. The largest absolute Gasteiger partial charge is 0.361 e. The van der Waals surface area contributed by atoms with Gasteiger partial charge in [0.1, 0.15) is 0 Å². The molecule has 1 aromatic rings. The van der Waals surface area contributed by atoms with Gasteiger partial charge in [-0.05, 0) is 45.3 Å². The smallest absolute Gasteiger partial charge is 0.223 e. The second kappa shape index (κ2) is 5.89. The van der Waals surface area contributed by atoms with Crippen molar-refractivity contribution in [2.45, 2.75) is 50.0 Å². The van der Waals surface area contributed by atoms with Gasteiger partial charge < -0.3 is 5.11 Å². The molecule has 1 heterocycles. The summed E-state index contributed by atoms with van der Waals surface area (Å²) in [5.74, 6) is -0.0560. The Morgan fingerprint density at radius 1 is 1.22 bits per heavy atom. The SMILES string of the molecule is CC(=O)N1C(O)NC[C@]12CC[C@](c1ccccc1)(N(C)C)CC2. The van der Waals surface area contributed by atoms with E-state index in [2.05, 4.69) is 48.6 Å². The molecule has 1 aliphatic carbocycles. The third-order valence-electron chi connectivity index (χ3n) is 5.88. The van der Waals surface area contributed by atoms with E-state index in [0.29, 0.717) is 6.54 Å². The number of carbonyl (C=O) groups excluding carboxylic acids is 1. The van der Waals surface area contributed by atoms with Gasteiger partial charge in [0.25, 0.3) is 0 Å². The molecule has 2 aliphatic rings. The lowest BCUT2D eigenvalue weighted by Gasteiger charge is -2.51. The molecular weight excluding hydrogens is 290 g/mol. The van der Waals surface area contributed by atoms with Crippen LogP contribution in [0.4, 0.5) is 0 Å². The van der Waals surface area contributed by atoms with Gasteiger partial charge in [0, 0.05) is 19.0 Å². The fraction of sp³-hybridized carbons (Fsp3) is 0.611. The van der Waals surface area contributed by atoms with Crippen LogP contribution in [0.1, 0.15) is 38.2 Å². The van der Waals surface area contributed by atoms with Crippen molar-refractivity contribution in [1.82, 2.24) is 15.1 Å². The van der Waals surface area contributed by atoms with Gasteiger partial charge in [-0.1, -0.05) is 30.3 Å². The van der Waals surface area contributed by atoms with Crippen molar-refractivity contribution in [3.8, 4) is 0 Å². The summed E-state index contributed by atoms with van der Waals surface area (Å²) in [5, 5.41) is 13.2. The first-order valence-electron chi connectivity index (χ1n) is 8.36. The first-order valence-corrected chi connectivity index (χ1v) is 8.36. The Morgan fingerprint density at radius 2 is 1.83 bits per heavy atom. The van der Waals surface area contributed by atoms with Gasteiger partial charge in [0.15, 0.2) is 6.35 Å². The van der Waals surface area contributed by atoms with E-state index in [4.69, 9.17) is 0 Å². The molecule has 5 heteroatoms. The second-order valence-electron chi connectivity index (χ2n) is 7.16. The lowest BCUT2D eigenvalue weighted by atomic mass is 9.68. The minimum absolute atomic E-state index is 0.00249. The van der Waals surface area contributed by atoms with Crippen molar-refractivity contribution >= 4 is 5.91 Å². The first kappa shape index (κ1) is 16.4. The molecule has 1 aliphatic heterocycles. The molecule has 1 spiro atoms. The summed E-state index contributed by atoms with van der Waals surface area (Å²) in [6.45, 7) is 2.22. The normalized spacial score (nSPS) is 34.3. The highest BCUT2D eigenvalue weighted by Crippen LogP contribution is 2.47. The number of aliphatic hydroxyl groups is 1. The number of hydrogen-bond acceptors (Lipinski definition) is 4. The third kappa shape index (κ3) is 2.57. The number of hydrogen-bond donors (Lipinski definition) is 2. The topological polar surface area (TPSA) is 55.8 Å². The van der Waals surface area contributed by atoms with Crippen molar-refractivity contribution in [2.75, 3.05) is 20.6 Å². The summed E-state index contributed by atoms with van der Waals surface area (Å²) < 4.78 is 0. The van der Waals surface area contributed by atoms with E-state index in [1.54, 1.807) is 11.8 Å². The lowest BCUT2D eigenvalue weighted by molar-refractivity contribution is -0.147. The summed E-state index contributed by atoms with van der Waals surface area (Å²) >= 11 is 0. The average molecular weight is 317 g/mol. The second-order valence-corrected chi connectivity index (χ2v) is 7.16. The third-order valence-corrected chi connectivity index (χ3v) is 5.88. The van der Waals surface area contributed by atoms with Crippen LogP contribution in [0.3, 0.4) is 0 Å². The summed E-state index contributed by atoms with van der Waals surface area (Å²) in [4.78, 5) is 16.0. The standard InChI is InChI=1S/C18H27N3O2/c1-14(22)21-16(23)19-13-17(21)9-11-18(12-10-17,20(2)3)15-7-5-4-6-8-15/h4-8,16,19,23H,9-13H2,1-3H3/t16?,17-,18+. The van der Waals surface area contributed by atoms with Crippen molar-refractivity contribution in [3.05, 3.63) is 35.9 Å². The number of nitrogens with one attached hydrogen (secondary N) is 1. The zero-order valence-corrected chi connectivity index (χ0v) is 14.2. The number of amides is 1. The highest BCUT2D eigenvalue weighted by atomic mass is 16.3. The van der Waals surface area contributed by atoms with Gasteiger partial charge in [-0.25, -0.2) is 0 Å². The summed E-state index contributed by atoms with van der Waals surface area (Å²) in [6.07, 6.45) is 2.88. The van der Waals surface area contributed by atoms with Crippen molar-refractivity contribution in [2.24, 2.45) is 0 Å². The lowest BCUT2D eigenvalue weighted by Crippen LogP contribution is -2.57. The molecule has 1 saturated carbocycles. The van der Waals surface area contributed by atoms with Crippen molar-refractivity contribution < 1.29 is 9.90 Å². The Balaban J connectivity index is 1.88. The first-order chi connectivity index (χ1) is 10.9. The van der Waals surface area contributed by atoms with E-state index >= 15 is 0 Å². The Bertz CT molecular complexity index is 565. The predicted octanol–water partition coefficient (Wildman–Crippen LogP) is 1.48. The Kier molecular flexibility index (Phi) is 4.21. The monoisotopic (exact) mass is 317 g/mol. The Morgan fingerprint density at radius 3 is 2.35 bits per heavy atom. The molecule has 2 fully saturated rings. The van der Waals surface area contributed by atoms with Gasteiger partial charge in [0.2, 0.25) is 5.91 Å². The van der Waals surface area contributed by atoms with E-state index < -0.39 is 6.35 Å². The maximum atomic E-state index is 12.0. The van der Waals surface area contributed by atoms with Crippen LogP contribution in [0.25, 0.3) is 0 Å². The molecule has 23 heavy (non-hydrogen) atoms. The van der Waals surface area contributed by atoms with Crippen LogP contribution >= 0.6 is 0 Å². The molecule has 0 bridgehead atoms. The van der Waals surface area contributed by atoms with Crippen LogP contribution in [0.5, 0.6) is 0 Å². The number of rotatable bonds is 2. The van der Waals surface area contributed by atoms with E-state index in [-0.39, 0.29) is 17.0 Å². The van der Waals surface area contributed by atoms with E-state index in [1.807, 2.05) is 6.07 Å². The molecule has 5 nitrogen and oxygen atoms in total. The number of benzene rings is 1. The van der Waals surface area contributed by atoms with Gasteiger partial charge in [0.05, 0.1) is 5.54 Å². The van der Waals surface area contributed by atoms with Crippen LogP contribution in [0.15, 0.2) is 30.3 Å². The fourth-order valence-corrected chi connectivity index (χ4v) is 4.51. The van der Waals surface area contributed by atoms with Crippen molar-refractivity contribution in [3.63, 3.8) is 0 Å². The number of carbonyl (C=O) groups is 1. The summed E-state index contributed by atoms with van der Waals surface area (Å²) in [7, 11) is 4.27. The number of nitrogens with zero attached hydrogens (tertiary/aromatic N) is 2.